The standard InChI is InChI=1S/C11H13BrO.2C2H6/c1-8(12)7-10-5-3-4-6-11(10)9(2)13;2*1-2/h3-6,8H,7H2,1-2H3;2*1-2H3. The fraction of sp³-hybridized carbons (Fsp3) is 0.533. The minimum atomic E-state index is 0.142. The van der Waals surface area contributed by atoms with Gasteiger partial charge in [0.15, 0.2) is 5.78 Å². The fourth-order valence-electron chi connectivity index (χ4n) is 1.34. The fourth-order valence-corrected chi connectivity index (χ4v) is 1.69. The zero-order chi connectivity index (χ0) is 13.8. The van der Waals surface area contributed by atoms with Crippen LogP contribution >= 0.6 is 15.9 Å². The number of rotatable bonds is 3. The monoisotopic (exact) mass is 300 g/mol. The Balaban J connectivity index is 0. The summed E-state index contributed by atoms with van der Waals surface area (Å²) >= 11 is 3.48. The van der Waals surface area contributed by atoms with Crippen molar-refractivity contribution < 1.29 is 4.79 Å². The number of hydrogen-bond acceptors (Lipinski definition) is 1. The van der Waals surface area contributed by atoms with Crippen molar-refractivity contribution in [1.29, 1.82) is 0 Å². The van der Waals surface area contributed by atoms with E-state index in [2.05, 4.69) is 22.9 Å². The van der Waals surface area contributed by atoms with Gasteiger partial charge >= 0.3 is 0 Å². The molecular formula is C15H25BrO. The van der Waals surface area contributed by atoms with E-state index < -0.39 is 0 Å². The molecule has 0 aliphatic rings. The van der Waals surface area contributed by atoms with E-state index in [-0.39, 0.29) is 5.78 Å². The SMILES string of the molecule is CC.CC.CC(=O)c1ccccc1CC(C)Br. The van der Waals surface area contributed by atoms with Gasteiger partial charge in [0.25, 0.3) is 0 Å². The maximum absolute atomic E-state index is 11.2. The lowest BCUT2D eigenvalue weighted by molar-refractivity contribution is 0.101. The summed E-state index contributed by atoms with van der Waals surface area (Å²) < 4.78 is 0. The number of Topliss-reactive ketones (excluding diaryl/α,β-unsaturated/α-hetero) is 1. The zero-order valence-corrected chi connectivity index (χ0v) is 13.5. The van der Waals surface area contributed by atoms with Gasteiger partial charge in [0.05, 0.1) is 0 Å². The smallest absolute Gasteiger partial charge is 0.160 e. The van der Waals surface area contributed by atoms with E-state index >= 15 is 0 Å². The molecule has 1 rings (SSSR count). The first-order valence-corrected chi connectivity index (χ1v) is 7.25. The molecule has 98 valence electrons. The van der Waals surface area contributed by atoms with E-state index in [9.17, 15) is 4.79 Å². The predicted octanol–water partition coefficient (Wildman–Crippen LogP) is 5.27. The van der Waals surface area contributed by atoms with Crippen LogP contribution in [0.1, 0.15) is 57.5 Å². The van der Waals surface area contributed by atoms with Crippen LogP contribution in [-0.4, -0.2) is 10.6 Å². The number of hydrogen-bond donors (Lipinski definition) is 0. The maximum atomic E-state index is 11.2. The summed E-state index contributed by atoms with van der Waals surface area (Å²) in [6.07, 6.45) is 0.899. The Bertz CT molecular complexity index is 306. The van der Waals surface area contributed by atoms with Crippen molar-refractivity contribution in [3.05, 3.63) is 35.4 Å². The van der Waals surface area contributed by atoms with Crippen molar-refractivity contribution in [2.24, 2.45) is 0 Å². The summed E-state index contributed by atoms with van der Waals surface area (Å²) in [5, 5.41) is 0. The second kappa shape index (κ2) is 11.8. The summed E-state index contributed by atoms with van der Waals surface area (Å²) in [6.45, 7) is 11.7. The summed E-state index contributed by atoms with van der Waals surface area (Å²) in [7, 11) is 0. The van der Waals surface area contributed by atoms with Crippen LogP contribution in [0.4, 0.5) is 0 Å². The molecule has 1 aromatic carbocycles. The highest BCUT2D eigenvalue weighted by atomic mass is 79.9. The molecule has 0 aliphatic heterocycles. The van der Waals surface area contributed by atoms with Crippen LogP contribution in [0.15, 0.2) is 24.3 Å². The Kier molecular flexibility index (Phi) is 13.0. The van der Waals surface area contributed by atoms with Crippen LogP contribution in [0.25, 0.3) is 0 Å². The lowest BCUT2D eigenvalue weighted by Gasteiger charge is -2.07. The molecule has 2 heteroatoms. The molecule has 0 spiro atoms. The average Bonchev–Trinajstić information content (AvgIpc) is 2.34. The number of benzene rings is 1. The maximum Gasteiger partial charge on any atom is 0.160 e. The number of carbonyl (C=O) groups excluding carboxylic acids is 1. The van der Waals surface area contributed by atoms with Gasteiger partial charge in [0.2, 0.25) is 0 Å². The summed E-state index contributed by atoms with van der Waals surface area (Å²) in [5.41, 5.74) is 1.97. The third kappa shape index (κ3) is 8.14. The quantitative estimate of drug-likeness (QED) is 0.549. The second-order valence-corrected chi connectivity index (χ2v) is 4.76. The number of carbonyl (C=O) groups is 1. The van der Waals surface area contributed by atoms with Gasteiger partial charge in [-0.15, -0.1) is 0 Å². The molecule has 0 aliphatic carbocycles. The molecule has 0 saturated carbocycles. The molecule has 0 fully saturated rings. The van der Waals surface area contributed by atoms with Crippen molar-refractivity contribution in [3.8, 4) is 0 Å². The van der Waals surface area contributed by atoms with Crippen molar-refractivity contribution in [1.82, 2.24) is 0 Å². The summed E-state index contributed by atoms with van der Waals surface area (Å²) in [6, 6.07) is 7.76. The van der Waals surface area contributed by atoms with E-state index in [4.69, 9.17) is 0 Å². The largest absolute Gasteiger partial charge is 0.295 e. The van der Waals surface area contributed by atoms with Gasteiger partial charge < -0.3 is 0 Å². The zero-order valence-electron chi connectivity index (χ0n) is 11.9. The molecule has 1 aromatic rings. The van der Waals surface area contributed by atoms with E-state index in [1.54, 1.807) is 6.92 Å². The highest BCUT2D eigenvalue weighted by Crippen LogP contribution is 2.14. The summed E-state index contributed by atoms with van der Waals surface area (Å²) in [4.78, 5) is 11.6. The summed E-state index contributed by atoms with van der Waals surface area (Å²) in [5.74, 6) is 0.142. The molecule has 0 saturated heterocycles. The van der Waals surface area contributed by atoms with E-state index in [0.717, 1.165) is 17.5 Å². The number of halogens is 1. The van der Waals surface area contributed by atoms with E-state index in [1.807, 2.05) is 52.0 Å². The van der Waals surface area contributed by atoms with Gasteiger partial charge in [-0.05, 0) is 18.9 Å². The van der Waals surface area contributed by atoms with Crippen LogP contribution < -0.4 is 0 Å². The molecule has 1 nitrogen and oxygen atoms in total. The van der Waals surface area contributed by atoms with Crippen LogP contribution in [0.5, 0.6) is 0 Å². The normalized spacial score (nSPS) is 10.3. The van der Waals surface area contributed by atoms with E-state index in [0.29, 0.717) is 4.83 Å². The van der Waals surface area contributed by atoms with Gasteiger partial charge in [-0.25, -0.2) is 0 Å². The topological polar surface area (TPSA) is 17.1 Å². The minimum absolute atomic E-state index is 0.142. The highest BCUT2D eigenvalue weighted by Gasteiger charge is 2.07. The van der Waals surface area contributed by atoms with Gasteiger partial charge in [0, 0.05) is 10.4 Å². The van der Waals surface area contributed by atoms with Crippen LogP contribution in [0, 0.1) is 0 Å². The van der Waals surface area contributed by atoms with Crippen molar-refractivity contribution in [3.63, 3.8) is 0 Å². The van der Waals surface area contributed by atoms with Crippen molar-refractivity contribution >= 4 is 21.7 Å². The van der Waals surface area contributed by atoms with Gasteiger partial charge in [-0.1, -0.05) is 74.8 Å². The molecule has 17 heavy (non-hydrogen) atoms. The lowest BCUT2D eigenvalue weighted by atomic mass is 10.0. The van der Waals surface area contributed by atoms with Crippen molar-refractivity contribution in [2.75, 3.05) is 0 Å². The lowest BCUT2D eigenvalue weighted by Crippen LogP contribution is -2.03. The Morgan fingerprint density at radius 3 is 2.06 bits per heavy atom. The van der Waals surface area contributed by atoms with Crippen LogP contribution in [0.2, 0.25) is 0 Å². The van der Waals surface area contributed by atoms with Crippen LogP contribution in [-0.2, 0) is 6.42 Å². The Morgan fingerprint density at radius 1 is 1.18 bits per heavy atom. The first-order valence-electron chi connectivity index (χ1n) is 6.34. The molecule has 0 amide bonds. The molecule has 0 radical (unpaired) electrons. The predicted molar refractivity (Wildman–Crippen MR) is 81.2 cm³/mol. The van der Waals surface area contributed by atoms with Gasteiger partial charge in [-0.2, -0.15) is 0 Å². The van der Waals surface area contributed by atoms with Gasteiger partial charge in [-0.3, -0.25) is 4.79 Å². The van der Waals surface area contributed by atoms with Crippen molar-refractivity contribution in [2.45, 2.75) is 52.8 Å². The third-order valence-electron chi connectivity index (χ3n) is 1.90. The van der Waals surface area contributed by atoms with Crippen LogP contribution in [0.3, 0.4) is 0 Å². The Morgan fingerprint density at radius 2 is 1.65 bits per heavy atom. The highest BCUT2D eigenvalue weighted by molar-refractivity contribution is 9.09. The molecule has 0 bridgehead atoms. The molecular weight excluding hydrogens is 276 g/mol. The minimum Gasteiger partial charge on any atom is -0.295 e. The molecule has 0 aromatic heterocycles. The first-order chi connectivity index (χ1) is 8.11. The van der Waals surface area contributed by atoms with Gasteiger partial charge in [0.1, 0.15) is 0 Å². The Hall–Kier alpha value is -0.630. The average molecular weight is 301 g/mol. The molecule has 0 heterocycles. The second-order valence-electron chi connectivity index (χ2n) is 3.20. The molecule has 1 atom stereocenters. The number of ketones is 1. The van der Waals surface area contributed by atoms with E-state index in [1.165, 1.54) is 0 Å². The third-order valence-corrected chi connectivity index (χ3v) is 2.22. The number of alkyl halides is 1. The molecule has 0 N–H and O–H groups in total. The first kappa shape index (κ1) is 18.7. The Labute approximate surface area is 115 Å². The molecule has 1 unspecified atom stereocenters.